The Morgan fingerprint density at radius 1 is 0.345 bits per heavy atom. The summed E-state index contributed by atoms with van der Waals surface area (Å²) in [4.78, 5) is 0.609. The van der Waals surface area contributed by atoms with Crippen LogP contribution in [-0.2, 0) is 22.7 Å². The van der Waals surface area contributed by atoms with Crippen LogP contribution < -0.4 is 0 Å². The van der Waals surface area contributed by atoms with Crippen LogP contribution in [0.3, 0.4) is 0 Å². The van der Waals surface area contributed by atoms with Crippen molar-refractivity contribution in [2.75, 3.05) is 0 Å². The van der Waals surface area contributed by atoms with Crippen molar-refractivity contribution in [1.29, 1.82) is 0 Å². The standard InChI is InChI=1S/C54H37NO2S/c56-58(57,49-14-8-3-9-15-49)50-24-19-38(20-25-50)39-16-17-40-29-46-32-47-33-48(23-18-41(47)30-45(46)31-44(40)28-39)55-53-26-21-42(36-10-4-1-5-11-36)34-51(53)52-35-43(22-27-54(52)55)37-12-6-2-7-13-37/h1-28,30,32-35H,29,31H2. The van der Waals surface area contributed by atoms with Crippen LogP contribution in [0.25, 0.3) is 71.6 Å². The number of hydrogen-bond donors (Lipinski definition) is 0. The first-order valence-corrected chi connectivity index (χ1v) is 21.2. The molecule has 11 rings (SSSR count). The molecule has 0 amide bonds. The van der Waals surface area contributed by atoms with Gasteiger partial charge in [0.1, 0.15) is 0 Å². The monoisotopic (exact) mass is 763 g/mol. The van der Waals surface area contributed by atoms with Crippen LogP contribution in [0, 0.1) is 0 Å². The molecule has 0 bridgehead atoms. The molecule has 0 aliphatic heterocycles. The largest absolute Gasteiger partial charge is 0.309 e. The third-order valence-corrected chi connectivity index (χ3v) is 13.7. The van der Waals surface area contributed by atoms with Gasteiger partial charge < -0.3 is 4.57 Å². The van der Waals surface area contributed by atoms with Gasteiger partial charge in [-0.3, -0.25) is 0 Å². The van der Waals surface area contributed by atoms with Crippen molar-refractivity contribution in [3.8, 4) is 39.1 Å². The zero-order valence-electron chi connectivity index (χ0n) is 31.6. The van der Waals surface area contributed by atoms with E-state index < -0.39 is 9.84 Å². The smallest absolute Gasteiger partial charge is 0.206 e. The predicted octanol–water partition coefficient (Wildman–Crippen LogP) is 13.3. The summed E-state index contributed by atoms with van der Waals surface area (Å²) < 4.78 is 28.8. The molecule has 0 saturated heterocycles. The van der Waals surface area contributed by atoms with E-state index in [2.05, 4.69) is 150 Å². The van der Waals surface area contributed by atoms with Gasteiger partial charge in [0.2, 0.25) is 9.84 Å². The van der Waals surface area contributed by atoms with E-state index in [-0.39, 0.29) is 0 Å². The molecule has 0 spiro atoms. The van der Waals surface area contributed by atoms with Gasteiger partial charge in [-0.15, -0.1) is 0 Å². The Morgan fingerprint density at radius 2 is 0.810 bits per heavy atom. The minimum absolute atomic E-state index is 0.303. The van der Waals surface area contributed by atoms with Gasteiger partial charge in [0, 0.05) is 16.5 Å². The Bertz CT molecular complexity index is 3220. The normalized spacial score (nSPS) is 12.5. The van der Waals surface area contributed by atoms with Gasteiger partial charge in [0.05, 0.1) is 20.8 Å². The van der Waals surface area contributed by atoms with E-state index in [0.29, 0.717) is 9.79 Å². The maximum absolute atomic E-state index is 13.2. The van der Waals surface area contributed by atoms with E-state index in [1.54, 1.807) is 36.4 Å². The molecule has 0 N–H and O–H groups in total. The van der Waals surface area contributed by atoms with E-state index in [1.807, 2.05) is 18.2 Å². The predicted molar refractivity (Wildman–Crippen MR) is 239 cm³/mol. The van der Waals surface area contributed by atoms with Gasteiger partial charge in [0.15, 0.2) is 0 Å². The van der Waals surface area contributed by atoms with E-state index in [4.69, 9.17) is 0 Å². The lowest BCUT2D eigenvalue weighted by Gasteiger charge is -2.22. The highest BCUT2D eigenvalue weighted by Gasteiger charge is 2.20. The lowest BCUT2D eigenvalue weighted by Crippen LogP contribution is -2.08. The second-order valence-corrected chi connectivity index (χ2v) is 17.3. The molecular formula is C54H37NO2S. The molecule has 1 aromatic heterocycles. The number of aromatic nitrogens is 1. The summed E-state index contributed by atoms with van der Waals surface area (Å²) in [6, 6.07) is 69.2. The van der Waals surface area contributed by atoms with Crippen molar-refractivity contribution in [1.82, 2.24) is 4.57 Å². The van der Waals surface area contributed by atoms with Gasteiger partial charge in [-0.05, 0) is 140 Å². The first-order chi connectivity index (χ1) is 28.5. The Balaban J connectivity index is 0.944. The number of sulfone groups is 1. The van der Waals surface area contributed by atoms with Crippen molar-refractivity contribution < 1.29 is 8.42 Å². The summed E-state index contributed by atoms with van der Waals surface area (Å²) in [7, 11) is -3.56. The fourth-order valence-electron chi connectivity index (χ4n) is 8.88. The van der Waals surface area contributed by atoms with Gasteiger partial charge in [-0.25, -0.2) is 8.42 Å². The first-order valence-electron chi connectivity index (χ1n) is 19.7. The highest BCUT2D eigenvalue weighted by atomic mass is 32.2. The van der Waals surface area contributed by atoms with Crippen LogP contribution in [-0.4, -0.2) is 13.0 Å². The molecule has 9 aromatic carbocycles. The van der Waals surface area contributed by atoms with Crippen LogP contribution in [0.1, 0.15) is 22.3 Å². The molecule has 0 saturated carbocycles. The first kappa shape index (κ1) is 34.3. The Kier molecular flexibility index (Phi) is 8.02. The second-order valence-electron chi connectivity index (χ2n) is 15.4. The van der Waals surface area contributed by atoms with Crippen molar-refractivity contribution in [2.45, 2.75) is 22.6 Å². The molecule has 0 fully saturated rings. The quantitative estimate of drug-likeness (QED) is 0.169. The number of hydrogen-bond acceptors (Lipinski definition) is 2. The molecule has 1 aliphatic carbocycles. The lowest BCUT2D eigenvalue weighted by atomic mass is 9.83. The van der Waals surface area contributed by atoms with Crippen molar-refractivity contribution >= 4 is 42.4 Å². The Labute approximate surface area is 338 Å². The molecule has 0 atom stereocenters. The zero-order valence-corrected chi connectivity index (χ0v) is 32.5. The van der Waals surface area contributed by atoms with Crippen molar-refractivity contribution in [3.05, 3.63) is 222 Å². The van der Waals surface area contributed by atoms with Crippen LogP contribution in [0.15, 0.2) is 210 Å². The highest BCUT2D eigenvalue weighted by molar-refractivity contribution is 7.91. The Morgan fingerprint density at radius 3 is 1.43 bits per heavy atom. The van der Waals surface area contributed by atoms with E-state index in [9.17, 15) is 8.42 Å². The maximum atomic E-state index is 13.2. The average Bonchev–Trinajstić information content (AvgIpc) is 3.61. The molecule has 276 valence electrons. The van der Waals surface area contributed by atoms with Gasteiger partial charge >= 0.3 is 0 Å². The molecule has 1 aliphatic rings. The lowest BCUT2D eigenvalue weighted by molar-refractivity contribution is 0.596. The second kappa shape index (κ2) is 13.6. The molecule has 1 heterocycles. The SMILES string of the molecule is O=S(=O)(c1ccccc1)c1ccc(-c2ccc3c(c2)Cc2cc4ccc(-n5c6ccc(-c7ccccc7)cc6c6cc(-c7ccccc7)ccc65)cc4cc2C3)cc1. The van der Waals surface area contributed by atoms with E-state index >= 15 is 0 Å². The minimum atomic E-state index is -3.56. The fraction of sp³-hybridized carbons (Fsp3) is 0.0370. The number of rotatable bonds is 6. The number of benzene rings is 9. The topological polar surface area (TPSA) is 39.1 Å². The van der Waals surface area contributed by atoms with Gasteiger partial charge in [0.25, 0.3) is 0 Å². The average molecular weight is 764 g/mol. The molecule has 0 unspecified atom stereocenters. The number of fused-ring (bicyclic) bond motifs is 6. The van der Waals surface area contributed by atoms with Crippen molar-refractivity contribution in [2.24, 2.45) is 0 Å². The molecule has 0 radical (unpaired) electrons. The molecular weight excluding hydrogens is 727 g/mol. The van der Waals surface area contributed by atoms with Crippen LogP contribution in [0.2, 0.25) is 0 Å². The minimum Gasteiger partial charge on any atom is -0.309 e. The van der Waals surface area contributed by atoms with Crippen LogP contribution in [0.5, 0.6) is 0 Å². The highest BCUT2D eigenvalue weighted by Crippen LogP contribution is 2.39. The Hall–Kier alpha value is -7.01. The molecule has 10 aromatic rings. The van der Waals surface area contributed by atoms with Crippen LogP contribution in [0.4, 0.5) is 0 Å². The summed E-state index contributed by atoms with van der Waals surface area (Å²) in [5.41, 5.74) is 15.8. The third-order valence-electron chi connectivity index (χ3n) is 11.9. The van der Waals surface area contributed by atoms with Gasteiger partial charge in [-0.2, -0.15) is 0 Å². The van der Waals surface area contributed by atoms with E-state index in [1.165, 1.54) is 77.1 Å². The summed E-state index contributed by atoms with van der Waals surface area (Å²) in [6.07, 6.45) is 1.73. The fourth-order valence-corrected chi connectivity index (χ4v) is 10.2. The van der Waals surface area contributed by atoms with Gasteiger partial charge in [-0.1, -0.05) is 140 Å². The summed E-state index contributed by atoms with van der Waals surface area (Å²) in [6.45, 7) is 0. The summed E-state index contributed by atoms with van der Waals surface area (Å²) in [5.74, 6) is 0. The maximum Gasteiger partial charge on any atom is 0.206 e. The molecule has 4 heteroatoms. The molecule has 58 heavy (non-hydrogen) atoms. The summed E-state index contributed by atoms with van der Waals surface area (Å²) in [5, 5.41) is 4.95. The number of nitrogens with zero attached hydrogens (tertiary/aromatic N) is 1. The van der Waals surface area contributed by atoms with Crippen molar-refractivity contribution in [3.63, 3.8) is 0 Å². The zero-order chi connectivity index (χ0) is 38.8. The molecule has 3 nitrogen and oxygen atoms in total. The van der Waals surface area contributed by atoms with E-state index in [0.717, 1.165) is 29.7 Å². The van der Waals surface area contributed by atoms with Crippen LogP contribution >= 0.6 is 0 Å². The third kappa shape index (κ3) is 5.84. The summed E-state index contributed by atoms with van der Waals surface area (Å²) >= 11 is 0.